The molecule has 19 heavy (non-hydrogen) atoms. The number of amides is 1. The summed E-state index contributed by atoms with van der Waals surface area (Å²) < 4.78 is 0. The molecule has 1 amide bonds. The number of carboxylic acids is 1. The Labute approximate surface area is 118 Å². The Hall–Kier alpha value is -1.73. The lowest BCUT2D eigenvalue weighted by atomic mass is 10.4. The van der Waals surface area contributed by atoms with Gasteiger partial charge in [-0.1, -0.05) is 6.07 Å². The number of thiophene rings is 1. The largest absolute Gasteiger partial charge is 0.476 e. The van der Waals surface area contributed by atoms with Gasteiger partial charge in [0.05, 0.1) is 6.54 Å². The van der Waals surface area contributed by atoms with E-state index < -0.39 is 5.97 Å². The van der Waals surface area contributed by atoms with E-state index >= 15 is 0 Å². The molecule has 7 heteroatoms. The van der Waals surface area contributed by atoms with Crippen LogP contribution in [0.15, 0.2) is 22.9 Å². The highest BCUT2D eigenvalue weighted by Crippen LogP contribution is 2.16. The van der Waals surface area contributed by atoms with E-state index in [0.717, 1.165) is 16.2 Å². The zero-order valence-corrected chi connectivity index (χ0v) is 11.8. The topological polar surface area (TPSA) is 70.5 Å². The number of carboxylic acid groups (broad SMARTS) is 1. The molecule has 0 saturated heterocycles. The van der Waals surface area contributed by atoms with Gasteiger partial charge in [0.1, 0.15) is 0 Å². The van der Waals surface area contributed by atoms with Crippen LogP contribution in [0.2, 0.25) is 0 Å². The van der Waals surface area contributed by atoms with Crippen molar-refractivity contribution in [2.24, 2.45) is 0 Å². The van der Waals surface area contributed by atoms with E-state index in [1.807, 2.05) is 24.4 Å². The van der Waals surface area contributed by atoms with Crippen molar-refractivity contribution in [1.29, 1.82) is 0 Å². The van der Waals surface area contributed by atoms with Gasteiger partial charge >= 0.3 is 5.97 Å². The van der Waals surface area contributed by atoms with Crippen LogP contribution in [-0.4, -0.2) is 33.4 Å². The van der Waals surface area contributed by atoms with Crippen molar-refractivity contribution in [3.8, 4) is 0 Å². The normalized spacial score (nSPS) is 10.4. The summed E-state index contributed by atoms with van der Waals surface area (Å²) in [7, 11) is 0. The predicted octanol–water partition coefficient (Wildman–Crippen LogP) is 2.57. The van der Waals surface area contributed by atoms with Crippen LogP contribution in [0.4, 0.5) is 0 Å². The van der Waals surface area contributed by atoms with Crippen LogP contribution in [0, 0.1) is 0 Å². The molecule has 2 heterocycles. The number of aromatic carboxylic acids is 1. The molecule has 0 aliphatic carbocycles. The predicted molar refractivity (Wildman–Crippen MR) is 73.8 cm³/mol. The van der Waals surface area contributed by atoms with Crippen molar-refractivity contribution in [3.63, 3.8) is 0 Å². The summed E-state index contributed by atoms with van der Waals surface area (Å²) in [6.45, 7) is 2.96. The molecule has 0 bridgehead atoms. The van der Waals surface area contributed by atoms with Gasteiger partial charge in [0, 0.05) is 16.8 Å². The van der Waals surface area contributed by atoms with Crippen molar-refractivity contribution < 1.29 is 14.7 Å². The summed E-state index contributed by atoms with van der Waals surface area (Å²) in [5.74, 6) is -1.34. The number of rotatable bonds is 5. The van der Waals surface area contributed by atoms with E-state index in [1.54, 1.807) is 16.2 Å². The van der Waals surface area contributed by atoms with Gasteiger partial charge in [0.15, 0.2) is 10.7 Å². The quantitative estimate of drug-likeness (QED) is 0.920. The molecular formula is C12H12N2O3S2. The first-order valence-electron chi connectivity index (χ1n) is 5.62. The molecule has 0 spiro atoms. The highest BCUT2D eigenvalue weighted by molar-refractivity contribution is 7.12. The molecule has 0 aliphatic heterocycles. The molecular weight excluding hydrogens is 284 g/mol. The molecule has 2 aromatic rings. The Balaban J connectivity index is 2.13. The molecule has 1 N–H and O–H groups in total. The third-order valence-electron chi connectivity index (χ3n) is 2.50. The van der Waals surface area contributed by atoms with Gasteiger partial charge in [0.25, 0.3) is 5.91 Å². The second-order valence-electron chi connectivity index (χ2n) is 3.74. The number of aromatic nitrogens is 1. The number of nitrogens with zero attached hydrogens (tertiary/aromatic N) is 2. The third-order valence-corrected chi connectivity index (χ3v) is 4.19. The smallest absolute Gasteiger partial charge is 0.355 e. The molecule has 0 saturated carbocycles. The van der Waals surface area contributed by atoms with Crippen LogP contribution in [-0.2, 0) is 6.54 Å². The Kier molecular flexibility index (Phi) is 4.28. The molecule has 5 nitrogen and oxygen atoms in total. The monoisotopic (exact) mass is 296 g/mol. The highest BCUT2D eigenvalue weighted by atomic mass is 32.1. The molecule has 0 aromatic carbocycles. The number of hydrogen-bond donors (Lipinski definition) is 1. The van der Waals surface area contributed by atoms with E-state index in [2.05, 4.69) is 4.98 Å². The fourth-order valence-electron chi connectivity index (χ4n) is 1.52. The zero-order valence-electron chi connectivity index (χ0n) is 10.2. The lowest BCUT2D eigenvalue weighted by Crippen LogP contribution is -2.30. The van der Waals surface area contributed by atoms with Crippen LogP contribution in [0.1, 0.15) is 32.1 Å². The van der Waals surface area contributed by atoms with Crippen LogP contribution in [0.25, 0.3) is 0 Å². The lowest BCUT2D eigenvalue weighted by molar-refractivity contribution is 0.0691. The van der Waals surface area contributed by atoms with Crippen LogP contribution in [0.5, 0.6) is 0 Å². The van der Waals surface area contributed by atoms with Gasteiger partial charge in [-0.2, -0.15) is 0 Å². The second kappa shape index (κ2) is 5.94. The fourth-order valence-corrected chi connectivity index (χ4v) is 3.00. The van der Waals surface area contributed by atoms with E-state index in [0.29, 0.717) is 13.1 Å². The number of hydrogen-bond acceptors (Lipinski definition) is 5. The Morgan fingerprint density at radius 1 is 1.42 bits per heavy atom. The maximum atomic E-state index is 12.2. The van der Waals surface area contributed by atoms with Gasteiger partial charge in [-0.15, -0.1) is 22.7 Å². The third kappa shape index (κ3) is 3.18. The van der Waals surface area contributed by atoms with Crippen molar-refractivity contribution in [3.05, 3.63) is 38.5 Å². The Morgan fingerprint density at radius 2 is 2.21 bits per heavy atom. The average Bonchev–Trinajstić information content (AvgIpc) is 3.06. The number of carbonyl (C=O) groups is 2. The first kappa shape index (κ1) is 13.7. The van der Waals surface area contributed by atoms with E-state index in [4.69, 9.17) is 5.11 Å². The summed E-state index contributed by atoms with van der Waals surface area (Å²) >= 11 is 2.65. The number of carbonyl (C=O) groups excluding carboxylic acids is 1. The molecule has 0 fully saturated rings. The first-order valence-corrected chi connectivity index (χ1v) is 7.38. The average molecular weight is 296 g/mol. The van der Waals surface area contributed by atoms with Crippen molar-refractivity contribution in [2.75, 3.05) is 6.54 Å². The van der Waals surface area contributed by atoms with Gasteiger partial charge in [-0.05, 0) is 18.4 Å². The van der Waals surface area contributed by atoms with Crippen LogP contribution in [0.3, 0.4) is 0 Å². The lowest BCUT2D eigenvalue weighted by Gasteiger charge is -2.18. The van der Waals surface area contributed by atoms with E-state index in [1.165, 1.54) is 5.38 Å². The summed E-state index contributed by atoms with van der Waals surface area (Å²) in [5, 5.41) is 12.4. The highest BCUT2D eigenvalue weighted by Gasteiger charge is 2.20. The number of thiazole rings is 1. The first-order chi connectivity index (χ1) is 9.11. The van der Waals surface area contributed by atoms with E-state index in [-0.39, 0.29) is 16.6 Å². The zero-order chi connectivity index (χ0) is 13.8. The minimum Gasteiger partial charge on any atom is -0.476 e. The maximum absolute atomic E-state index is 12.2. The SMILES string of the molecule is CCN(Cc1cccs1)C(=O)c1nc(C(=O)O)cs1. The van der Waals surface area contributed by atoms with Crippen LogP contribution < -0.4 is 0 Å². The molecule has 2 aromatic heterocycles. The minimum atomic E-state index is -1.11. The molecule has 100 valence electrons. The van der Waals surface area contributed by atoms with Crippen molar-refractivity contribution in [2.45, 2.75) is 13.5 Å². The maximum Gasteiger partial charge on any atom is 0.355 e. The summed E-state index contributed by atoms with van der Waals surface area (Å²) in [5.41, 5.74) is -0.0828. The molecule has 2 rings (SSSR count). The molecule has 0 aliphatic rings. The van der Waals surface area contributed by atoms with Gasteiger partial charge < -0.3 is 10.0 Å². The standard InChI is InChI=1S/C12H12N2O3S2/c1-2-14(6-8-4-3-5-18-8)11(15)10-13-9(7-19-10)12(16)17/h3-5,7H,2,6H2,1H3,(H,16,17). The molecule has 0 radical (unpaired) electrons. The minimum absolute atomic E-state index is 0.0828. The Morgan fingerprint density at radius 3 is 2.74 bits per heavy atom. The van der Waals surface area contributed by atoms with Crippen molar-refractivity contribution in [1.82, 2.24) is 9.88 Å². The van der Waals surface area contributed by atoms with Gasteiger partial charge in [-0.25, -0.2) is 9.78 Å². The molecule has 0 atom stereocenters. The summed E-state index contributed by atoms with van der Waals surface area (Å²) in [6, 6.07) is 3.90. The van der Waals surface area contributed by atoms with Gasteiger partial charge in [0.2, 0.25) is 0 Å². The summed E-state index contributed by atoms with van der Waals surface area (Å²) in [4.78, 5) is 29.6. The summed E-state index contributed by atoms with van der Waals surface area (Å²) in [6.07, 6.45) is 0. The fraction of sp³-hybridized carbons (Fsp3) is 0.250. The van der Waals surface area contributed by atoms with Crippen molar-refractivity contribution >= 4 is 34.6 Å². The van der Waals surface area contributed by atoms with E-state index in [9.17, 15) is 9.59 Å². The van der Waals surface area contributed by atoms with Gasteiger partial charge in [-0.3, -0.25) is 4.79 Å². The molecule has 0 unspecified atom stereocenters. The van der Waals surface area contributed by atoms with Crippen LogP contribution >= 0.6 is 22.7 Å². The second-order valence-corrected chi connectivity index (χ2v) is 5.63. The Bertz CT molecular complexity index is 578.